The minimum Gasteiger partial charge on any atom is -0.478 e. The van der Waals surface area contributed by atoms with Crippen molar-refractivity contribution in [2.45, 2.75) is 45.7 Å². The maximum atomic E-state index is 13.4. The summed E-state index contributed by atoms with van der Waals surface area (Å²) in [4.78, 5) is 31.3. The Morgan fingerprint density at radius 1 is 1.07 bits per heavy atom. The summed E-state index contributed by atoms with van der Waals surface area (Å²) in [5, 5.41) is 14.8. The van der Waals surface area contributed by atoms with Crippen LogP contribution in [0.1, 0.15) is 55.9 Å². The van der Waals surface area contributed by atoms with Gasteiger partial charge in [-0.1, -0.05) is 55.5 Å². The molecule has 0 aliphatic heterocycles. The van der Waals surface area contributed by atoms with Crippen LogP contribution < -0.4 is 5.32 Å². The number of imidazole rings is 1. The summed E-state index contributed by atoms with van der Waals surface area (Å²) >= 11 is 6.17. The quantitative estimate of drug-likeness (QED) is 0.146. The average Bonchev–Trinajstić information content (AvgIpc) is 3.61. The van der Waals surface area contributed by atoms with E-state index >= 15 is 0 Å². The van der Waals surface area contributed by atoms with Crippen molar-refractivity contribution >= 4 is 46.9 Å². The standard InChI is InChI=1S/C33H33N3O3S2/c1-3-7-30-35-31-21(2)16-24(32(37)34-25(20-40)18-26-8-6-15-41-26)17-29(31)36(30)19-22-11-13-23(14-12-22)27-9-4-5-10-28(27)33(38)39/h4-6,8-17,25,40H,3,7,18-20H2,1-2H3,(H,34,37)(H,38,39). The van der Waals surface area contributed by atoms with E-state index in [0.29, 0.717) is 23.4 Å². The molecule has 41 heavy (non-hydrogen) atoms. The van der Waals surface area contributed by atoms with Gasteiger partial charge in [0.15, 0.2) is 0 Å². The smallest absolute Gasteiger partial charge is 0.336 e. The van der Waals surface area contributed by atoms with Gasteiger partial charge in [0, 0.05) is 41.6 Å². The number of benzene rings is 3. The molecule has 0 radical (unpaired) electrons. The Morgan fingerprint density at radius 3 is 2.54 bits per heavy atom. The highest BCUT2D eigenvalue weighted by Crippen LogP contribution is 2.27. The number of nitrogens with zero attached hydrogens (tertiary/aromatic N) is 2. The van der Waals surface area contributed by atoms with Crippen molar-refractivity contribution in [3.8, 4) is 11.1 Å². The first-order chi connectivity index (χ1) is 19.9. The van der Waals surface area contributed by atoms with E-state index in [9.17, 15) is 14.7 Å². The predicted octanol–water partition coefficient (Wildman–Crippen LogP) is 7.04. The van der Waals surface area contributed by atoms with Crippen LogP contribution >= 0.6 is 24.0 Å². The van der Waals surface area contributed by atoms with Gasteiger partial charge < -0.3 is 15.0 Å². The van der Waals surface area contributed by atoms with Crippen LogP contribution in [0.15, 0.2) is 78.2 Å². The average molecular weight is 584 g/mol. The van der Waals surface area contributed by atoms with Gasteiger partial charge in [-0.25, -0.2) is 9.78 Å². The van der Waals surface area contributed by atoms with E-state index < -0.39 is 5.97 Å². The summed E-state index contributed by atoms with van der Waals surface area (Å²) < 4.78 is 2.20. The van der Waals surface area contributed by atoms with Gasteiger partial charge in [0.1, 0.15) is 5.82 Å². The number of hydrogen-bond donors (Lipinski definition) is 3. The Morgan fingerprint density at radius 2 is 1.85 bits per heavy atom. The molecule has 2 aromatic heterocycles. The number of fused-ring (bicyclic) bond motifs is 1. The van der Waals surface area contributed by atoms with Gasteiger partial charge in [-0.2, -0.15) is 12.6 Å². The summed E-state index contributed by atoms with van der Waals surface area (Å²) in [6, 6.07) is 22.9. The molecule has 8 heteroatoms. The van der Waals surface area contributed by atoms with Crippen LogP contribution in [-0.2, 0) is 19.4 Å². The fraction of sp³-hybridized carbons (Fsp3) is 0.242. The number of amides is 1. The predicted molar refractivity (Wildman–Crippen MR) is 170 cm³/mol. The number of aromatic carboxylic acids is 1. The molecule has 0 fully saturated rings. The van der Waals surface area contributed by atoms with Gasteiger partial charge in [-0.3, -0.25) is 4.79 Å². The molecular weight excluding hydrogens is 551 g/mol. The second-order valence-corrected chi connectivity index (χ2v) is 11.6. The Balaban J connectivity index is 1.45. The number of hydrogen-bond acceptors (Lipinski definition) is 5. The number of carbonyl (C=O) groups is 2. The van der Waals surface area contributed by atoms with Gasteiger partial charge in [-0.15, -0.1) is 11.3 Å². The fourth-order valence-electron chi connectivity index (χ4n) is 5.16. The van der Waals surface area contributed by atoms with Gasteiger partial charge in [0.2, 0.25) is 0 Å². The lowest BCUT2D eigenvalue weighted by molar-refractivity contribution is 0.0697. The highest BCUT2D eigenvalue weighted by Gasteiger charge is 2.19. The number of carboxylic acid groups (broad SMARTS) is 1. The molecule has 210 valence electrons. The lowest BCUT2D eigenvalue weighted by atomic mass is 9.98. The number of thiol groups is 1. The highest BCUT2D eigenvalue weighted by atomic mass is 32.1. The molecule has 0 spiro atoms. The summed E-state index contributed by atoms with van der Waals surface area (Å²) in [5.41, 5.74) is 6.30. The van der Waals surface area contributed by atoms with Crippen molar-refractivity contribution in [1.82, 2.24) is 14.9 Å². The van der Waals surface area contributed by atoms with E-state index in [2.05, 4.69) is 35.5 Å². The van der Waals surface area contributed by atoms with Crippen molar-refractivity contribution in [3.05, 3.63) is 111 Å². The second-order valence-electron chi connectivity index (χ2n) is 10.2. The van der Waals surface area contributed by atoms with Crippen LogP contribution in [0.2, 0.25) is 0 Å². The largest absolute Gasteiger partial charge is 0.478 e. The van der Waals surface area contributed by atoms with E-state index in [1.165, 1.54) is 4.88 Å². The van der Waals surface area contributed by atoms with Gasteiger partial charge >= 0.3 is 5.97 Å². The third kappa shape index (κ3) is 6.39. The summed E-state index contributed by atoms with van der Waals surface area (Å²) in [7, 11) is 0. The Hall–Kier alpha value is -3.88. The van der Waals surface area contributed by atoms with Crippen molar-refractivity contribution in [1.29, 1.82) is 0 Å². The molecule has 0 aliphatic carbocycles. The van der Waals surface area contributed by atoms with Gasteiger partial charge in [0.25, 0.3) is 5.91 Å². The van der Waals surface area contributed by atoms with Crippen molar-refractivity contribution in [3.63, 3.8) is 0 Å². The monoisotopic (exact) mass is 583 g/mol. The number of aryl methyl sites for hydroxylation is 2. The number of nitrogens with one attached hydrogen (secondary N) is 1. The molecule has 6 nitrogen and oxygen atoms in total. The fourth-order valence-corrected chi connectivity index (χ4v) is 6.16. The summed E-state index contributed by atoms with van der Waals surface area (Å²) in [5.74, 6) is 0.476. The zero-order valence-electron chi connectivity index (χ0n) is 23.1. The van der Waals surface area contributed by atoms with Crippen LogP contribution in [-0.4, -0.2) is 38.3 Å². The molecule has 0 saturated heterocycles. The van der Waals surface area contributed by atoms with Gasteiger partial charge in [-0.05, 0) is 65.2 Å². The zero-order chi connectivity index (χ0) is 28.9. The molecular formula is C33H33N3O3S2. The van der Waals surface area contributed by atoms with Crippen molar-refractivity contribution < 1.29 is 14.7 Å². The van der Waals surface area contributed by atoms with Crippen LogP contribution in [0.4, 0.5) is 0 Å². The molecule has 0 saturated carbocycles. The van der Waals surface area contributed by atoms with Crippen molar-refractivity contribution in [2.24, 2.45) is 0 Å². The summed E-state index contributed by atoms with van der Waals surface area (Å²) in [6.45, 7) is 4.73. The minimum atomic E-state index is -0.943. The van der Waals surface area contributed by atoms with Gasteiger partial charge in [0.05, 0.1) is 16.6 Å². The van der Waals surface area contributed by atoms with E-state index in [0.717, 1.165) is 52.8 Å². The molecule has 1 amide bonds. The molecule has 0 bridgehead atoms. The molecule has 5 rings (SSSR count). The molecule has 0 aliphatic rings. The van der Waals surface area contributed by atoms with E-state index in [1.54, 1.807) is 23.5 Å². The highest BCUT2D eigenvalue weighted by molar-refractivity contribution is 7.80. The molecule has 1 unspecified atom stereocenters. The minimum absolute atomic E-state index is 0.0641. The van der Waals surface area contributed by atoms with Crippen LogP contribution in [0.5, 0.6) is 0 Å². The number of aromatic nitrogens is 2. The van der Waals surface area contributed by atoms with Crippen LogP contribution in [0.3, 0.4) is 0 Å². The topological polar surface area (TPSA) is 84.2 Å². The number of carboxylic acids is 1. The molecule has 2 heterocycles. The number of carbonyl (C=O) groups excluding carboxylic acids is 1. The first-order valence-electron chi connectivity index (χ1n) is 13.7. The van der Waals surface area contributed by atoms with E-state index in [4.69, 9.17) is 4.98 Å². The van der Waals surface area contributed by atoms with Crippen LogP contribution in [0.25, 0.3) is 22.2 Å². The Bertz CT molecular complexity index is 1670. The van der Waals surface area contributed by atoms with E-state index in [1.807, 2.05) is 66.9 Å². The Labute approximate surface area is 249 Å². The third-order valence-electron chi connectivity index (χ3n) is 7.21. The molecule has 1 atom stereocenters. The third-order valence-corrected chi connectivity index (χ3v) is 8.55. The first-order valence-corrected chi connectivity index (χ1v) is 15.2. The number of thiophene rings is 1. The SMILES string of the molecule is CCCc1nc2c(C)cc(C(=O)NC(CS)Cc3cccs3)cc2n1Cc1ccc(-c2ccccc2C(=O)O)cc1. The zero-order valence-corrected chi connectivity index (χ0v) is 24.8. The lowest BCUT2D eigenvalue weighted by Gasteiger charge is -2.16. The summed E-state index contributed by atoms with van der Waals surface area (Å²) in [6.07, 6.45) is 2.52. The van der Waals surface area contributed by atoms with E-state index in [-0.39, 0.29) is 17.5 Å². The maximum Gasteiger partial charge on any atom is 0.336 e. The second kappa shape index (κ2) is 12.7. The van der Waals surface area contributed by atoms with Crippen molar-refractivity contribution in [2.75, 3.05) is 5.75 Å². The van der Waals surface area contributed by atoms with Crippen LogP contribution in [0, 0.1) is 6.92 Å². The lowest BCUT2D eigenvalue weighted by Crippen LogP contribution is -2.37. The number of rotatable bonds is 11. The Kier molecular flexibility index (Phi) is 8.90. The first kappa shape index (κ1) is 28.6. The maximum absolute atomic E-state index is 13.4. The molecule has 2 N–H and O–H groups in total. The molecule has 5 aromatic rings. The normalized spacial score (nSPS) is 12.0. The molecule has 3 aromatic carbocycles.